The summed E-state index contributed by atoms with van der Waals surface area (Å²) in [6, 6.07) is -0.864. The molecule has 78 heavy (non-hydrogen) atoms. The van der Waals surface area contributed by atoms with E-state index in [1.807, 2.05) is 27.2 Å². The van der Waals surface area contributed by atoms with E-state index in [0.717, 1.165) is 44.9 Å². The van der Waals surface area contributed by atoms with Crippen molar-refractivity contribution in [3.63, 3.8) is 0 Å². The number of carbonyl (C=O) groups excluding carboxylic acids is 1. The molecule has 3 atom stereocenters. The number of allylic oxidation sites excluding steroid dienone is 7. The summed E-state index contributed by atoms with van der Waals surface area (Å²) >= 11 is 0. The van der Waals surface area contributed by atoms with Crippen molar-refractivity contribution >= 4 is 13.7 Å². The summed E-state index contributed by atoms with van der Waals surface area (Å²) in [7, 11) is 1.57. The highest BCUT2D eigenvalue weighted by atomic mass is 31.2. The Balaban J connectivity index is 4.05. The molecule has 0 radical (unpaired) electrons. The third kappa shape index (κ3) is 62.1. The Labute approximate surface area is 486 Å². The molecule has 0 aliphatic rings. The van der Waals surface area contributed by atoms with Gasteiger partial charge in [0.05, 0.1) is 39.9 Å². The maximum absolute atomic E-state index is 13.0. The zero-order valence-corrected chi connectivity index (χ0v) is 53.6. The number of nitrogens with zero attached hydrogens (tertiary/aromatic N) is 1. The quantitative estimate of drug-likeness (QED) is 0.0243. The number of hydrogen-bond acceptors (Lipinski definition) is 5. The molecule has 0 aromatic rings. The van der Waals surface area contributed by atoms with Gasteiger partial charge in [0.2, 0.25) is 5.91 Å². The number of carbonyl (C=O) groups is 1. The molecule has 1 amide bonds. The Kier molecular flexibility index (Phi) is 58.9. The van der Waals surface area contributed by atoms with Gasteiger partial charge in [-0.25, -0.2) is 4.57 Å². The van der Waals surface area contributed by atoms with Crippen molar-refractivity contribution in [2.45, 2.75) is 347 Å². The number of aliphatic hydroxyl groups is 1. The van der Waals surface area contributed by atoms with E-state index in [-0.39, 0.29) is 19.1 Å². The normalized spacial score (nSPS) is 14.0. The van der Waals surface area contributed by atoms with Crippen LogP contribution in [0.1, 0.15) is 335 Å². The van der Waals surface area contributed by atoms with Crippen molar-refractivity contribution < 1.29 is 32.9 Å². The van der Waals surface area contributed by atoms with Gasteiger partial charge in [0, 0.05) is 6.42 Å². The number of aliphatic hydroxyl groups excluding tert-OH is 1. The molecule has 0 aromatic heterocycles. The van der Waals surface area contributed by atoms with E-state index in [1.54, 1.807) is 6.08 Å². The lowest BCUT2D eigenvalue weighted by atomic mass is 10.0. The van der Waals surface area contributed by atoms with Crippen molar-refractivity contribution in [2.24, 2.45) is 0 Å². The van der Waals surface area contributed by atoms with E-state index >= 15 is 0 Å². The van der Waals surface area contributed by atoms with Crippen LogP contribution in [0.25, 0.3) is 0 Å². The highest BCUT2D eigenvalue weighted by Crippen LogP contribution is 2.43. The second-order valence-electron chi connectivity index (χ2n) is 24.5. The van der Waals surface area contributed by atoms with Crippen molar-refractivity contribution in [3.05, 3.63) is 48.6 Å². The zero-order chi connectivity index (χ0) is 57.0. The van der Waals surface area contributed by atoms with Crippen molar-refractivity contribution in [1.29, 1.82) is 0 Å². The molecule has 0 fully saturated rings. The summed E-state index contributed by atoms with van der Waals surface area (Å²) in [5, 5.41) is 14.0. The maximum Gasteiger partial charge on any atom is 0.472 e. The molecule has 0 saturated carbocycles. The Morgan fingerprint density at radius 3 is 1.10 bits per heavy atom. The first-order chi connectivity index (χ1) is 38.0. The molecule has 8 nitrogen and oxygen atoms in total. The monoisotopic (exact) mass is 1120 g/mol. The molecule has 3 N–H and O–H groups in total. The number of quaternary nitrogens is 1. The minimum absolute atomic E-state index is 0.0568. The van der Waals surface area contributed by atoms with Crippen LogP contribution in [0.3, 0.4) is 0 Å². The molecule has 0 spiro atoms. The van der Waals surface area contributed by atoms with E-state index in [2.05, 4.69) is 55.6 Å². The smallest absolute Gasteiger partial charge is 0.387 e. The molecular weight excluding hydrogens is 984 g/mol. The second-order valence-corrected chi connectivity index (χ2v) is 26.0. The number of likely N-dealkylation sites (N-methyl/N-ethyl adjacent to an activating group) is 1. The average molecular weight is 1120 g/mol. The van der Waals surface area contributed by atoms with Crippen molar-refractivity contribution in [3.8, 4) is 0 Å². The Morgan fingerprint density at radius 2 is 0.744 bits per heavy atom. The van der Waals surface area contributed by atoms with Gasteiger partial charge < -0.3 is 19.8 Å². The predicted molar refractivity (Wildman–Crippen MR) is 341 cm³/mol. The van der Waals surface area contributed by atoms with Crippen molar-refractivity contribution in [1.82, 2.24) is 5.32 Å². The minimum atomic E-state index is -4.36. The van der Waals surface area contributed by atoms with Crippen LogP contribution < -0.4 is 5.32 Å². The van der Waals surface area contributed by atoms with Gasteiger partial charge in [-0.2, -0.15) is 0 Å². The molecule has 460 valence electrons. The van der Waals surface area contributed by atoms with E-state index in [1.165, 1.54) is 270 Å². The van der Waals surface area contributed by atoms with E-state index in [0.29, 0.717) is 17.4 Å². The lowest BCUT2D eigenvalue weighted by molar-refractivity contribution is -0.870. The molecule has 0 heterocycles. The average Bonchev–Trinajstić information content (AvgIpc) is 3.41. The second kappa shape index (κ2) is 60.1. The molecule has 0 saturated heterocycles. The molecule has 0 aliphatic carbocycles. The summed E-state index contributed by atoms with van der Waals surface area (Å²) in [6.45, 7) is 4.84. The summed E-state index contributed by atoms with van der Waals surface area (Å²) in [4.78, 5) is 23.4. The summed E-state index contributed by atoms with van der Waals surface area (Å²) in [5.74, 6) is -0.182. The molecule has 0 aromatic carbocycles. The number of phosphoric acid groups is 1. The standard InChI is InChI=1S/C69H133N2O6P/c1-6-8-10-12-14-16-18-20-22-24-26-28-29-30-31-32-33-34-35-36-37-38-39-40-41-43-45-47-49-51-53-55-57-59-61-63-69(73)70-67(66-77-78(74,75)76-65-64-71(3,4)5)68(72)62-60-58-56-54-52-50-48-46-44-42-27-25-23-21-19-17-15-13-11-9-7-2/h29-30,32-33,52,54,60,62,67-68,72H,6-28,31,34-51,53,55-59,61,63-66H2,1-5H3,(H-,70,73,74,75)/p+1/b30-29-,33-32-,54-52+,62-60+. The van der Waals surface area contributed by atoms with Crippen molar-refractivity contribution in [2.75, 3.05) is 40.9 Å². The highest BCUT2D eigenvalue weighted by Gasteiger charge is 2.28. The maximum atomic E-state index is 13.0. The Hall–Kier alpha value is -1.54. The van der Waals surface area contributed by atoms with Crippen LogP contribution >= 0.6 is 7.82 Å². The molecule has 0 aliphatic heterocycles. The fraction of sp³-hybridized carbons (Fsp3) is 0.870. The Morgan fingerprint density at radius 1 is 0.436 bits per heavy atom. The van der Waals surface area contributed by atoms with Crippen LogP contribution in [0.15, 0.2) is 48.6 Å². The SMILES string of the molecule is CCCCCCCCCCCCC/C=C\C/C=C\CCCCCCCCCCCCCCCCCCCC(=O)NC(COP(=O)(O)OCC[N+](C)(C)C)C(O)/C=C/CC/C=C/CCCCCCCCCCCCCCCCC. The number of phosphoric ester groups is 1. The zero-order valence-electron chi connectivity index (χ0n) is 52.7. The first kappa shape index (κ1) is 76.5. The van der Waals surface area contributed by atoms with Gasteiger partial charge in [-0.3, -0.25) is 13.8 Å². The number of hydrogen-bond donors (Lipinski definition) is 3. The largest absolute Gasteiger partial charge is 0.472 e. The lowest BCUT2D eigenvalue weighted by Gasteiger charge is -2.25. The number of nitrogens with one attached hydrogen (secondary N) is 1. The van der Waals surface area contributed by atoms with Crippen LogP contribution in [0.4, 0.5) is 0 Å². The minimum Gasteiger partial charge on any atom is -0.387 e. The van der Waals surface area contributed by atoms with E-state index < -0.39 is 20.0 Å². The highest BCUT2D eigenvalue weighted by molar-refractivity contribution is 7.47. The molecular formula is C69H134N2O6P+. The Bertz CT molecular complexity index is 1410. The third-order valence-electron chi connectivity index (χ3n) is 15.5. The number of rotatable bonds is 63. The lowest BCUT2D eigenvalue weighted by Crippen LogP contribution is -2.45. The first-order valence-corrected chi connectivity index (χ1v) is 35.5. The molecule has 3 unspecified atom stereocenters. The fourth-order valence-corrected chi connectivity index (χ4v) is 10.9. The summed E-state index contributed by atoms with van der Waals surface area (Å²) in [6.07, 6.45) is 81.2. The molecule has 9 heteroatoms. The number of unbranched alkanes of at least 4 members (excludes halogenated alkanes) is 44. The number of amides is 1. The van der Waals surface area contributed by atoms with Crippen LogP contribution in [0.2, 0.25) is 0 Å². The van der Waals surface area contributed by atoms with Gasteiger partial charge >= 0.3 is 7.82 Å². The third-order valence-corrected chi connectivity index (χ3v) is 16.5. The van der Waals surface area contributed by atoms with Crippen LogP contribution in [0, 0.1) is 0 Å². The van der Waals surface area contributed by atoms with Crippen LogP contribution in [-0.4, -0.2) is 73.4 Å². The summed E-state index contributed by atoms with van der Waals surface area (Å²) < 4.78 is 23.8. The van der Waals surface area contributed by atoms with Crippen LogP contribution in [0.5, 0.6) is 0 Å². The first-order valence-electron chi connectivity index (χ1n) is 34.0. The van der Waals surface area contributed by atoms with Gasteiger partial charge in [0.15, 0.2) is 0 Å². The van der Waals surface area contributed by atoms with E-state index in [4.69, 9.17) is 9.05 Å². The van der Waals surface area contributed by atoms with Gasteiger partial charge in [-0.1, -0.05) is 313 Å². The predicted octanol–water partition coefficient (Wildman–Crippen LogP) is 21.4. The fourth-order valence-electron chi connectivity index (χ4n) is 10.2. The van der Waals surface area contributed by atoms with Gasteiger partial charge in [0.25, 0.3) is 0 Å². The van der Waals surface area contributed by atoms with Gasteiger partial charge in [0.1, 0.15) is 13.2 Å². The summed E-state index contributed by atoms with van der Waals surface area (Å²) in [5.41, 5.74) is 0. The van der Waals surface area contributed by atoms with Crippen LogP contribution in [-0.2, 0) is 18.4 Å². The topological polar surface area (TPSA) is 105 Å². The van der Waals surface area contributed by atoms with Gasteiger partial charge in [-0.05, 0) is 64.2 Å². The molecule has 0 rings (SSSR count). The van der Waals surface area contributed by atoms with Gasteiger partial charge in [-0.15, -0.1) is 0 Å². The van der Waals surface area contributed by atoms with E-state index in [9.17, 15) is 19.4 Å². The molecule has 0 bridgehead atoms.